The SMILES string of the molecule is COCCOc1ccc(C2(O)CC3CCC(C2)N3Cc2ccccc2)cc1. The van der Waals surface area contributed by atoms with E-state index in [2.05, 4.69) is 35.2 Å². The first-order valence-corrected chi connectivity index (χ1v) is 9.92. The van der Waals surface area contributed by atoms with Crippen molar-refractivity contribution < 1.29 is 14.6 Å². The standard InChI is InChI=1S/C23H29NO3/c1-26-13-14-27-22-11-7-19(8-12-22)23(25)15-20-9-10-21(16-23)24(20)17-18-5-3-2-4-6-18/h2-8,11-12,20-21,25H,9-10,13-17H2,1H3. The minimum Gasteiger partial charge on any atom is -0.491 e. The second-order valence-electron chi connectivity index (χ2n) is 7.85. The van der Waals surface area contributed by atoms with Crippen molar-refractivity contribution in [2.24, 2.45) is 0 Å². The van der Waals surface area contributed by atoms with Crippen LogP contribution in [0.2, 0.25) is 0 Å². The minimum atomic E-state index is -0.732. The van der Waals surface area contributed by atoms with Gasteiger partial charge in [0, 0.05) is 25.7 Å². The Labute approximate surface area is 161 Å². The highest BCUT2D eigenvalue weighted by atomic mass is 16.5. The highest BCUT2D eigenvalue weighted by molar-refractivity contribution is 5.32. The van der Waals surface area contributed by atoms with Crippen LogP contribution in [-0.2, 0) is 16.9 Å². The molecule has 0 radical (unpaired) electrons. The number of nitrogens with zero attached hydrogens (tertiary/aromatic N) is 1. The summed E-state index contributed by atoms with van der Waals surface area (Å²) < 4.78 is 10.7. The number of ether oxygens (including phenoxy) is 2. The average Bonchev–Trinajstić information content (AvgIpc) is 2.93. The zero-order valence-electron chi connectivity index (χ0n) is 16.0. The Balaban J connectivity index is 1.43. The first-order chi connectivity index (χ1) is 13.2. The molecule has 2 saturated heterocycles. The average molecular weight is 367 g/mol. The van der Waals surface area contributed by atoms with Crippen LogP contribution in [0, 0.1) is 0 Å². The van der Waals surface area contributed by atoms with E-state index in [4.69, 9.17) is 9.47 Å². The lowest BCUT2D eigenvalue weighted by Gasteiger charge is -2.44. The Morgan fingerprint density at radius 1 is 0.963 bits per heavy atom. The van der Waals surface area contributed by atoms with E-state index >= 15 is 0 Å². The van der Waals surface area contributed by atoms with E-state index in [9.17, 15) is 5.11 Å². The molecule has 4 nitrogen and oxygen atoms in total. The molecule has 0 aromatic heterocycles. The van der Waals surface area contributed by atoms with Crippen LogP contribution in [0.4, 0.5) is 0 Å². The van der Waals surface area contributed by atoms with Gasteiger partial charge in [0.05, 0.1) is 12.2 Å². The third kappa shape index (κ3) is 4.03. The topological polar surface area (TPSA) is 41.9 Å². The van der Waals surface area contributed by atoms with Crippen LogP contribution >= 0.6 is 0 Å². The number of rotatable bonds is 7. The predicted molar refractivity (Wildman–Crippen MR) is 106 cm³/mol. The fraction of sp³-hybridized carbons (Fsp3) is 0.478. The van der Waals surface area contributed by atoms with Gasteiger partial charge in [0.1, 0.15) is 12.4 Å². The molecule has 4 rings (SSSR count). The largest absolute Gasteiger partial charge is 0.491 e. The summed E-state index contributed by atoms with van der Waals surface area (Å²) in [5, 5.41) is 11.4. The fourth-order valence-electron chi connectivity index (χ4n) is 4.71. The number of hydrogen-bond donors (Lipinski definition) is 1. The molecule has 0 aliphatic carbocycles. The summed E-state index contributed by atoms with van der Waals surface area (Å²) >= 11 is 0. The lowest BCUT2D eigenvalue weighted by molar-refractivity contribution is -0.0595. The maximum atomic E-state index is 11.4. The molecule has 0 saturated carbocycles. The summed E-state index contributed by atoms with van der Waals surface area (Å²) in [4.78, 5) is 2.60. The first-order valence-electron chi connectivity index (χ1n) is 9.92. The zero-order chi connectivity index (χ0) is 18.7. The van der Waals surface area contributed by atoms with Crippen LogP contribution in [0.25, 0.3) is 0 Å². The number of benzene rings is 2. The van der Waals surface area contributed by atoms with Gasteiger partial charge in [-0.3, -0.25) is 4.90 Å². The van der Waals surface area contributed by atoms with Crippen molar-refractivity contribution in [3.8, 4) is 5.75 Å². The monoisotopic (exact) mass is 367 g/mol. The van der Waals surface area contributed by atoms with Crippen molar-refractivity contribution in [2.75, 3.05) is 20.3 Å². The van der Waals surface area contributed by atoms with Gasteiger partial charge in [0.25, 0.3) is 0 Å². The van der Waals surface area contributed by atoms with Crippen LogP contribution in [0.3, 0.4) is 0 Å². The molecule has 2 unspecified atom stereocenters. The molecule has 2 aliphatic rings. The molecule has 4 heteroatoms. The quantitative estimate of drug-likeness (QED) is 0.757. The molecule has 27 heavy (non-hydrogen) atoms. The summed E-state index contributed by atoms with van der Waals surface area (Å²) in [6, 6.07) is 19.5. The summed E-state index contributed by atoms with van der Waals surface area (Å²) in [7, 11) is 1.67. The number of piperidine rings is 1. The third-order valence-corrected chi connectivity index (χ3v) is 6.07. The predicted octanol–water partition coefficient (Wildman–Crippen LogP) is 3.73. The molecule has 2 aromatic rings. The van der Waals surface area contributed by atoms with E-state index in [0.29, 0.717) is 25.3 Å². The molecule has 2 bridgehead atoms. The summed E-state index contributed by atoms with van der Waals surface area (Å²) in [5.74, 6) is 0.823. The number of fused-ring (bicyclic) bond motifs is 2. The lowest BCUT2D eigenvalue weighted by atomic mass is 9.80. The van der Waals surface area contributed by atoms with E-state index in [1.54, 1.807) is 7.11 Å². The maximum Gasteiger partial charge on any atom is 0.119 e. The van der Waals surface area contributed by atoms with Gasteiger partial charge < -0.3 is 14.6 Å². The Hall–Kier alpha value is -1.88. The molecule has 2 aliphatic heterocycles. The first kappa shape index (κ1) is 18.5. The van der Waals surface area contributed by atoms with E-state index in [1.807, 2.05) is 24.3 Å². The molecule has 0 spiro atoms. The van der Waals surface area contributed by atoms with Gasteiger partial charge >= 0.3 is 0 Å². The molecule has 0 amide bonds. The lowest BCUT2D eigenvalue weighted by Crippen LogP contribution is -2.49. The Morgan fingerprint density at radius 3 is 2.26 bits per heavy atom. The van der Waals surface area contributed by atoms with Crippen LogP contribution in [0.15, 0.2) is 54.6 Å². The fourth-order valence-corrected chi connectivity index (χ4v) is 4.71. The third-order valence-electron chi connectivity index (χ3n) is 6.07. The van der Waals surface area contributed by atoms with Crippen LogP contribution < -0.4 is 4.74 Å². The minimum absolute atomic E-state index is 0.451. The normalized spacial score (nSPS) is 27.6. The van der Waals surface area contributed by atoms with Crippen molar-refractivity contribution in [3.05, 3.63) is 65.7 Å². The van der Waals surface area contributed by atoms with Gasteiger partial charge in [-0.1, -0.05) is 42.5 Å². The molecule has 2 fully saturated rings. The summed E-state index contributed by atoms with van der Waals surface area (Å²) in [6.45, 7) is 2.10. The van der Waals surface area contributed by atoms with Crippen LogP contribution in [0.5, 0.6) is 5.75 Å². The van der Waals surface area contributed by atoms with Crippen LogP contribution in [0.1, 0.15) is 36.8 Å². The Bertz CT molecular complexity index is 717. The van der Waals surface area contributed by atoms with Gasteiger partial charge in [0.15, 0.2) is 0 Å². The highest BCUT2D eigenvalue weighted by Crippen LogP contribution is 2.46. The Morgan fingerprint density at radius 2 is 1.63 bits per heavy atom. The molecule has 1 N–H and O–H groups in total. The highest BCUT2D eigenvalue weighted by Gasteiger charge is 2.48. The van der Waals surface area contributed by atoms with E-state index in [-0.39, 0.29) is 0 Å². The molecule has 144 valence electrons. The smallest absolute Gasteiger partial charge is 0.119 e. The van der Waals surface area contributed by atoms with E-state index < -0.39 is 5.60 Å². The summed E-state index contributed by atoms with van der Waals surface area (Å²) in [5.41, 5.74) is 1.64. The van der Waals surface area contributed by atoms with Gasteiger partial charge in [-0.15, -0.1) is 0 Å². The Kier molecular flexibility index (Phi) is 5.48. The number of hydrogen-bond acceptors (Lipinski definition) is 4. The summed E-state index contributed by atoms with van der Waals surface area (Å²) in [6.07, 6.45) is 3.97. The number of aliphatic hydroxyl groups is 1. The van der Waals surface area contributed by atoms with Gasteiger partial charge in [0.2, 0.25) is 0 Å². The second-order valence-corrected chi connectivity index (χ2v) is 7.85. The van der Waals surface area contributed by atoms with Crippen molar-refractivity contribution in [1.82, 2.24) is 4.90 Å². The van der Waals surface area contributed by atoms with Gasteiger partial charge in [-0.2, -0.15) is 0 Å². The zero-order valence-corrected chi connectivity index (χ0v) is 16.0. The van der Waals surface area contributed by atoms with E-state index in [0.717, 1.165) is 30.7 Å². The van der Waals surface area contributed by atoms with E-state index in [1.165, 1.54) is 18.4 Å². The maximum absolute atomic E-state index is 11.4. The molecule has 2 heterocycles. The van der Waals surface area contributed by atoms with Gasteiger partial charge in [-0.05, 0) is 48.9 Å². The van der Waals surface area contributed by atoms with Crippen molar-refractivity contribution in [1.29, 1.82) is 0 Å². The van der Waals surface area contributed by atoms with Gasteiger partial charge in [-0.25, -0.2) is 0 Å². The van der Waals surface area contributed by atoms with Crippen molar-refractivity contribution in [3.63, 3.8) is 0 Å². The molecule has 2 aromatic carbocycles. The molecular weight excluding hydrogens is 338 g/mol. The van der Waals surface area contributed by atoms with Crippen molar-refractivity contribution >= 4 is 0 Å². The number of methoxy groups -OCH3 is 1. The molecule has 2 atom stereocenters. The van der Waals surface area contributed by atoms with Crippen LogP contribution in [-0.4, -0.2) is 42.4 Å². The van der Waals surface area contributed by atoms with Crippen molar-refractivity contribution in [2.45, 2.75) is 49.9 Å². The second kappa shape index (κ2) is 8.01. The molecular formula is C23H29NO3.